The van der Waals surface area contributed by atoms with Gasteiger partial charge in [-0.15, -0.1) is 0 Å². The molecule has 10 heteroatoms. The Morgan fingerprint density at radius 2 is 1.96 bits per heavy atom. The van der Waals surface area contributed by atoms with Crippen LogP contribution in [-0.2, 0) is 14.8 Å². The molecule has 1 atom stereocenters. The summed E-state index contributed by atoms with van der Waals surface area (Å²) in [4.78, 5) is 23.1. The summed E-state index contributed by atoms with van der Waals surface area (Å²) >= 11 is 6.19. The van der Waals surface area contributed by atoms with Gasteiger partial charge >= 0.3 is 0 Å². The topological polar surface area (TPSA) is 119 Å². The van der Waals surface area contributed by atoms with Crippen LogP contribution in [0, 0.1) is 0 Å². The van der Waals surface area contributed by atoms with Gasteiger partial charge in [0.25, 0.3) is 5.91 Å². The SMILES string of the molecule is C[C@@H](NC(=O)c1ccc(OC2CCN(S(C)(=O)=O)CC2)c(Cl)c1)C(N)=O. The quantitative estimate of drug-likeness (QED) is 0.726. The number of ether oxygens (including phenoxy) is 1. The van der Waals surface area contributed by atoms with Gasteiger partial charge in [0.1, 0.15) is 17.9 Å². The highest BCUT2D eigenvalue weighted by molar-refractivity contribution is 7.88. The van der Waals surface area contributed by atoms with Crippen LogP contribution in [0.1, 0.15) is 30.1 Å². The maximum absolute atomic E-state index is 12.1. The summed E-state index contributed by atoms with van der Waals surface area (Å²) in [6.07, 6.45) is 2.15. The lowest BCUT2D eigenvalue weighted by Crippen LogP contribution is -2.42. The van der Waals surface area contributed by atoms with Crippen molar-refractivity contribution < 1.29 is 22.7 Å². The molecule has 2 rings (SSSR count). The minimum Gasteiger partial charge on any atom is -0.489 e. The first kappa shape index (κ1) is 20.5. The van der Waals surface area contributed by atoms with Crippen molar-refractivity contribution in [1.82, 2.24) is 9.62 Å². The van der Waals surface area contributed by atoms with Gasteiger partial charge in [0.2, 0.25) is 15.9 Å². The number of piperidine rings is 1. The van der Waals surface area contributed by atoms with Gasteiger partial charge in [0.05, 0.1) is 11.3 Å². The van der Waals surface area contributed by atoms with Crippen LogP contribution in [-0.4, -0.2) is 56.0 Å². The Labute approximate surface area is 157 Å². The van der Waals surface area contributed by atoms with Crippen molar-refractivity contribution in [2.45, 2.75) is 31.9 Å². The van der Waals surface area contributed by atoms with E-state index >= 15 is 0 Å². The molecule has 26 heavy (non-hydrogen) atoms. The van der Waals surface area contributed by atoms with Crippen molar-refractivity contribution >= 4 is 33.4 Å². The number of hydrogen-bond donors (Lipinski definition) is 2. The molecule has 0 aromatic heterocycles. The molecule has 0 radical (unpaired) electrons. The lowest BCUT2D eigenvalue weighted by atomic mass is 10.1. The van der Waals surface area contributed by atoms with Crippen molar-refractivity contribution in [1.29, 1.82) is 0 Å². The van der Waals surface area contributed by atoms with Gasteiger partial charge < -0.3 is 15.8 Å². The molecule has 1 heterocycles. The summed E-state index contributed by atoms with van der Waals surface area (Å²) in [5.74, 6) is -0.681. The molecule has 0 saturated carbocycles. The molecule has 0 aliphatic carbocycles. The van der Waals surface area contributed by atoms with Crippen molar-refractivity contribution in [3.05, 3.63) is 28.8 Å². The molecule has 144 valence electrons. The summed E-state index contributed by atoms with van der Waals surface area (Å²) in [6, 6.07) is 3.77. The van der Waals surface area contributed by atoms with Crippen molar-refractivity contribution in [3.8, 4) is 5.75 Å². The molecule has 1 aliphatic heterocycles. The van der Waals surface area contributed by atoms with Gasteiger partial charge in [-0.3, -0.25) is 9.59 Å². The summed E-state index contributed by atoms with van der Waals surface area (Å²) < 4.78 is 30.3. The molecular weight excluding hydrogens is 382 g/mol. The van der Waals surface area contributed by atoms with Crippen LogP contribution in [0.4, 0.5) is 0 Å². The Balaban J connectivity index is 1.98. The molecule has 1 saturated heterocycles. The minimum atomic E-state index is -3.19. The van der Waals surface area contributed by atoms with E-state index in [4.69, 9.17) is 22.1 Å². The van der Waals surface area contributed by atoms with Crippen molar-refractivity contribution in [2.75, 3.05) is 19.3 Å². The van der Waals surface area contributed by atoms with E-state index in [1.165, 1.54) is 29.6 Å². The number of primary amides is 1. The zero-order valence-electron chi connectivity index (χ0n) is 14.6. The van der Waals surface area contributed by atoms with Gasteiger partial charge in [0, 0.05) is 18.7 Å². The third kappa shape index (κ3) is 5.33. The Hall–Kier alpha value is -1.84. The third-order valence-electron chi connectivity index (χ3n) is 4.13. The van der Waals surface area contributed by atoms with E-state index in [0.717, 1.165) is 0 Å². The molecule has 8 nitrogen and oxygen atoms in total. The first-order valence-electron chi connectivity index (χ1n) is 8.09. The van der Waals surface area contributed by atoms with E-state index in [2.05, 4.69) is 5.32 Å². The van der Waals surface area contributed by atoms with Crippen LogP contribution in [0.15, 0.2) is 18.2 Å². The van der Waals surface area contributed by atoms with Crippen LogP contribution in [0.2, 0.25) is 5.02 Å². The standard InChI is InChI=1S/C16H22ClN3O5S/c1-10(15(18)21)19-16(22)11-3-4-14(13(17)9-11)25-12-5-7-20(8-6-12)26(2,23)24/h3-4,9-10,12H,5-8H2,1-2H3,(H2,18,21)(H,19,22)/t10-/m1/s1. The second-order valence-corrected chi connectivity index (χ2v) is 8.61. The smallest absolute Gasteiger partial charge is 0.251 e. The van der Waals surface area contributed by atoms with Crippen molar-refractivity contribution in [3.63, 3.8) is 0 Å². The zero-order chi connectivity index (χ0) is 19.5. The number of sulfonamides is 1. The highest BCUT2D eigenvalue weighted by Crippen LogP contribution is 2.28. The number of amides is 2. The third-order valence-corrected chi connectivity index (χ3v) is 5.73. The van der Waals surface area contributed by atoms with Crippen LogP contribution < -0.4 is 15.8 Å². The number of nitrogens with zero attached hydrogens (tertiary/aromatic N) is 1. The maximum Gasteiger partial charge on any atom is 0.251 e. The van der Waals surface area contributed by atoms with E-state index in [-0.39, 0.29) is 16.7 Å². The Morgan fingerprint density at radius 1 is 1.35 bits per heavy atom. The molecule has 3 N–H and O–H groups in total. The molecular formula is C16H22ClN3O5S. The number of benzene rings is 1. The Morgan fingerprint density at radius 3 is 2.46 bits per heavy atom. The van der Waals surface area contributed by atoms with E-state index in [1.807, 2.05) is 0 Å². The van der Waals surface area contributed by atoms with Gasteiger partial charge in [-0.25, -0.2) is 12.7 Å². The van der Waals surface area contributed by atoms with Gasteiger partial charge in [-0.2, -0.15) is 0 Å². The maximum atomic E-state index is 12.1. The first-order chi connectivity index (χ1) is 12.1. The lowest BCUT2D eigenvalue weighted by molar-refractivity contribution is -0.119. The molecule has 1 aliphatic rings. The highest BCUT2D eigenvalue weighted by Gasteiger charge is 2.26. The largest absolute Gasteiger partial charge is 0.489 e. The van der Waals surface area contributed by atoms with Crippen LogP contribution in [0.25, 0.3) is 0 Å². The summed E-state index contributed by atoms with van der Waals surface area (Å²) in [7, 11) is -3.19. The highest BCUT2D eigenvalue weighted by atomic mass is 35.5. The minimum absolute atomic E-state index is 0.153. The lowest BCUT2D eigenvalue weighted by Gasteiger charge is -2.30. The number of nitrogens with two attached hydrogens (primary N) is 1. The van der Waals surface area contributed by atoms with Crippen LogP contribution in [0.3, 0.4) is 0 Å². The predicted molar refractivity (Wildman–Crippen MR) is 97.6 cm³/mol. The molecule has 1 fully saturated rings. The monoisotopic (exact) mass is 403 g/mol. The fourth-order valence-electron chi connectivity index (χ4n) is 2.55. The molecule has 0 spiro atoms. The number of rotatable bonds is 6. The normalized spacial score (nSPS) is 17.5. The number of carbonyl (C=O) groups is 2. The molecule has 1 aromatic rings. The van der Waals surface area contributed by atoms with Gasteiger partial charge in [-0.05, 0) is 38.0 Å². The molecule has 0 unspecified atom stereocenters. The van der Waals surface area contributed by atoms with Gasteiger partial charge in [0.15, 0.2) is 0 Å². The Bertz CT molecular complexity index is 791. The fourth-order valence-corrected chi connectivity index (χ4v) is 3.65. The van der Waals surface area contributed by atoms with Crippen molar-refractivity contribution in [2.24, 2.45) is 5.73 Å². The molecule has 2 amide bonds. The predicted octanol–water partition coefficient (Wildman–Crippen LogP) is 0.746. The number of nitrogens with one attached hydrogen (secondary N) is 1. The first-order valence-corrected chi connectivity index (χ1v) is 10.3. The second-order valence-electron chi connectivity index (χ2n) is 6.22. The molecule has 0 bridgehead atoms. The van der Waals surface area contributed by atoms with E-state index in [1.54, 1.807) is 6.07 Å². The van der Waals surface area contributed by atoms with Gasteiger partial charge in [-0.1, -0.05) is 11.6 Å². The summed E-state index contributed by atoms with van der Waals surface area (Å²) in [5, 5.41) is 2.73. The van der Waals surface area contributed by atoms with E-state index in [9.17, 15) is 18.0 Å². The van der Waals surface area contributed by atoms with E-state index < -0.39 is 27.9 Å². The fraction of sp³-hybridized carbons (Fsp3) is 0.500. The number of carbonyl (C=O) groups excluding carboxylic acids is 2. The summed E-state index contributed by atoms with van der Waals surface area (Å²) in [5.41, 5.74) is 5.40. The average molecular weight is 404 g/mol. The molecule has 1 aromatic carbocycles. The van der Waals surface area contributed by atoms with Crippen LogP contribution >= 0.6 is 11.6 Å². The second kappa shape index (κ2) is 8.24. The zero-order valence-corrected chi connectivity index (χ0v) is 16.1. The van der Waals surface area contributed by atoms with E-state index in [0.29, 0.717) is 31.7 Å². The number of hydrogen-bond acceptors (Lipinski definition) is 5. The summed E-state index contributed by atoms with van der Waals surface area (Å²) in [6.45, 7) is 2.28. The Kier molecular flexibility index (Phi) is 6.48. The van der Waals surface area contributed by atoms with Crippen LogP contribution in [0.5, 0.6) is 5.75 Å². The average Bonchev–Trinajstić information content (AvgIpc) is 2.56. The number of halogens is 1.